The van der Waals surface area contributed by atoms with Crippen LogP contribution >= 0.6 is 0 Å². The molecule has 2 aromatic carbocycles. The normalized spacial score (nSPS) is 11.3. The minimum Gasteiger partial charge on any atom is -0.495 e. The lowest BCUT2D eigenvalue weighted by molar-refractivity contribution is -0.114. The second-order valence-corrected chi connectivity index (χ2v) is 8.38. The molecule has 0 radical (unpaired) electrons. The van der Waals surface area contributed by atoms with E-state index >= 15 is 0 Å². The van der Waals surface area contributed by atoms with E-state index in [2.05, 4.69) is 5.32 Å². The van der Waals surface area contributed by atoms with Crippen molar-refractivity contribution in [3.8, 4) is 5.75 Å². The quantitative estimate of drug-likeness (QED) is 0.785. The average Bonchev–Trinajstić information content (AvgIpc) is 2.61. The molecule has 27 heavy (non-hydrogen) atoms. The molecule has 0 spiro atoms. The summed E-state index contributed by atoms with van der Waals surface area (Å²) in [6.07, 6.45) is 0. The molecule has 0 saturated heterocycles. The van der Waals surface area contributed by atoms with Crippen LogP contribution in [0.3, 0.4) is 0 Å². The van der Waals surface area contributed by atoms with E-state index in [1.54, 1.807) is 6.07 Å². The first-order chi connectivity index (χ1) is 12.6. The second kappa shape index (κ2) is 8.41. The van der Waals surface area contributed by atoms with Gasteiger partial charge in [-0.05, 0) is 35.9 Å². The number of carbonyl (C=O) groups excluding carboxylic acids is 1. The lowest BCUT2D eigenvalue weighted by atomic mass is 10.2. The van der Waals surface area contributed by atoms with Crippen LogP contribution in [0.5, 0.6) is 5.75 Å². The van der Waals surface area contributed by atoms with E-state index in [-0.39, 0.29) is 23.1 Å². The molecule has 2 rings (SSSR count). The zero-order valence-electron chi connectivity index (χ0n) is 16.2. The Balaban J connectivity index is 2.31. The van der Waals surface area contributed by atoms with E-state index in [0.717, 1.165) is 11.3 Å². The first-order valence-electron chi connectivity index (χ1n) is 8.33. The maximum atomic E-state index is 13.1. The molecule has 2 aromatic rings. The van der Waals surface area contributed by atoms with Gasteiger partial charge in [0, 0.05) is 46.0 Å². The van der Waals surface area contributed by atoms with E-state index in [1.165, 1.54) is 37.5 Å². The fraction of sp³-hybridized carbons (Fsp3) is 0.316. The van der Waals surface area contributed by atoms with Crippen LogP contribution in [0.25, 0.3) is 0 Å². The number of carbonyl (C=O) groups is 1. The van der Waals surface area contributed by atoms with Crippen LogP contribution in [0.4, 0.5) is 11.4 Å². The molecule has 1 N–H and O–H groups in total. The summed E-state index contributed by atoms with van der Waals surface area (Å²) in [5.41, 5.74) is 2.29. The van der Waals surface area contributed by atoms with Gasteiger partial charge in [0.2, 0.25) is 15.9 Å². The highest BCUT2D eigenvalue weighted by Crippen LogP contribution is 2.30. The van der Waals surface area contributed by atoms with Crippen molar-refractivity contribution < 1.29 is 17.9 Å². The van der Waals surface area contributed by atoms with Crippen molar-refractivity contribution in [3.05, 3.63) is 48.0 Å². The number of rotatable bonds is 7. The summed E-state index contributed by atoms with van der Waals surface area (Å²) in [6, 6.07) is 12.2. The summed E-state index contributed by atoms with van der Waals surface area (Å²) in [7, 11) is 2.99. The first-order valence-corrected chi connectivity index (χ1v) is 9.77. The van der Waals surface area contributed by atoms with Crippen LogP contribution < -0.4 is 15.0 Å². The van der Waals surface area contributed by atoms with Crippen LogP contribution in [0, 0.1) is 0 Å². The van der Waals surface area contributed by atoms with Gasteiger partial charge in [-0.15, -0.1) is 0 Å². The molecule has 0 aliphatic rings. The number of hydrogen-bond donors (Lipinski definition) is 1. The molecule has 0 unspecified atom stereocenters. The van der Waals surface area contributed by atoms with Gasteiger partial charge in [-0.25, -0.2) is 8.42 Å². The summed E-state index contributed by atoms with van der Waals surface area (Å²) in [6.45, 7) is 1.57. The predicted molar refractivity (Wildman–Crippen MR) is 107 cm³/mol. The Morgan fingerprint density at radius 1 is 1.07 bits per heavy atom. The van der Waals surface area contributed by atoms with Crippen molar-refractivity contribution in [3.63, 3.8) is 0 Å². The van der Waals surface area contributed by atoms with E-state index in [0.29, 0.717) is 5.69 Å². The number of hydrogen-bond acceptors (Lipinski definition) is 5. The first kappa shape index (κ1) is 20.7. The molecular weight excluding hydrogens is 366 g/mol. The molecule has 0 heterocycles. The zero-order valence-corrected chi connectivity index (χ0v) is 17.0. The molecule has 1 amide bonds. The third kappa shape index (κ3) is 4.99. The summed E-state index contributed by atoms with van der Waals surface area (Å²) >= 11 is 0. The van der Waals surface area contributed by atoms with Gasteiger partial charge >= 0.3 is 0 Å². The van der Waals surface area contributed by atoms with E-state index in [4.69, 9.17) is 4.74 Å². The molecule has 0 fully saturated rings. The topological polar surface area (TPSA) is 78.9 Å². The SMILES string of the molecule is COc1ccc(NC(C)=O)cc1S(=O)(=O)N(C)Cc1ccc(N(C)C)cc1. The monoisotopic (exact) mass is 391 g/mol. The number of sulfonamides is 1. The van der Waals surface area contributed by atoms with Gasteiger partial charge in [-0.2, -0.15) is 4.31 Å². The van der Waals surface area contributed by atoms with Crippen LogP contribution in [0.2, 0.25) is 0 Å². The molecule has 0 atom stereocenters. The number of ether oxygens (including phenoxy) is 1. The maximum absolute atomic E-state index is 13.1. The third-order valence-corrected chi connectivity index (χ3v) is 5.85. The molecular formula is C19H25N3O4S. The number of methoxy groups -OCH3 is 1. The minimum atomic E-state index is -3.82. The molecule has 0 bridgehead atoms. The summed E-state index contributed by atoms with van der Waals surface area (Å²) < 4.78 is 32.6. The van der Waals surface area contributed by atoms with Crippen molar-refractivity contribution in [2.45, 2.75) is 18.4 Å². The van der Waals surface area contributed by atoms with Gasteiger partial charge in [-0.1, -0.05) is 12.1 Å². The Bertz CT molecular complexity index is 909. The van der Waals surface area contributed by atoms with Crippen molar-refractivity contribution in [1.82, 2.24) is 4.31 Å². The molecule has 8 heteroatoms. The highest BCUT2D eigenvalue weighted by Gasteiger charge is 2.25. The van der Waals surface area contributed by atoms with E-state index in [9.17, 15) is 13.2 Å². The molecule has 0 aliphatic carbocycles. The standard InChI is InChI=1S/C19H25N3O4S/c1-14(23)20-16-8-11-18(26-5)19(12-16)27(24,25)22(4)13-15-6-9-17(10-7-15)21(2)3/h6-12H,13H2,1-5H3,(H,20,23). The largest absolute Gasteiger partial charge is 0.495 e. The van der Waals surface area contributed by atoms with Crippen molar-refractivity contribution in [2.75, 3.05) is 38.5 Å². The van der Waals surface area contributed by atoms with Gasteiger partial charge < -0.3 is 15.0 Å². The second-order valence-electron chi connectivity index (χ2n) is 6.37. The van der Waals surface area contributed by atoms with Crippen molar-refractivity contribution in [1.29, 1.82) is 0 Å². The molecule has 146 valence electrons. The Hall–Kier alpha value is -2.58. The molecule has 0 saturated carbocycles. The van der Waals surface area contributed by atoms with Gasteiger partial charge in [-0.3, -0.25) is 4.79 Å². The predicted octanol–water partition coefficient (Wildman–Crippen LogP) is 2.54. The smallest absolute Gasteiger partial charge is 0.246 e. The lowest BCUT2D eigenvalue weighted by Gasteiger charge is -2.20. The Morgan fingerprint density at radius 2 is 1.70 bits per heavy atom. The van der Waals surface area contributed by atoms with Gasteiger partial charge in [0.1, 0.15) is 10.6 Å². The maximum Gasteiger partial charge on any atom is 0.246 e. The minimum absolute atomic E-state index is 0.00339. The zero-order chi connectivity index (χ0) is 20.2. The summed E-state index contributed by atoms with van der Waals surface area (Å²) in [4.78, 5) is 13.3. The Kier molecular flexibility index (Phi) is 6.45. The molecule has 0 aromatic heterocycles. The van der Waals surface area contributed by atoms with E-state index < -0.39 is 10.0 Å². The number of amides is 1. The fourth-order valence-corrected chi connectivity index (χ4v) is 3.91. The molecule has 0 aliphatic heterocycles. The van der Waals surface area contributed by atoms with Crippen molar-refractivity contribution in [2.24, 2.45) is 0 Å². The van der Waals surface area contributed by atoms with Gasteiger partial charge in [0.15, 0.2) is 0 Å². The summed E-state index contributed by atoms with van der Waals surface area (Å²) in [5.74, 6) is -0.0586. The number of nitrogens with zero attached hydrogens (tertiary/aromatic N) is 2. The lowest BCUT2D eigenvalue weighted by Crippen LogP contribution is -2.27. The van der Waals surface area contributed by atoms with Crippen LogP contribution in [0.1, 0.15) is 12.5 Å². The Morgan fingerprint density at radius 3 is 2.22 bits per heavy atom. The molecule has 7 nitrogen and oxygen atoms in total. The van der Waals surface area contributed by atoms with Crippen LogP contribution in [-0.4, -0.2) is 46.9 Å². The Labute approximate surface area is 160 Å². The number of anilines is 2. The number of nitrogens with one attached hydrogen (secondary N) is 1. The van der Waals surface area contributed by atoms with Gasteiger partial charge in [0.05, 0.1) is 7.11 Å². The van der Waals surface area contributed by atoms with Crippen LogP contribution in [0.15, 0.2) is 47.4 Å². The fourth-order valence-electron chi connectivity index (χ4n) is 2.57. The van der Waals surface area contributed by atoms with Gasteiger partial charge in [0.25, 0.3) is 0 Å². The number of benzene rings is 2. The van der Waals surface area contributed by atoms with Crippen LogP contribution in [-0.2, 0) is 21.4 Å². The average molecular weight is 391 g/mol. The highest BCUT2D eigenvalue weighted by atomic mass is 32.2. The van der Waals surface area contributed by atoms with Crippen molar-refractivity contribution >= 4 is 27.3 Å². The summed E-state index contributed by atoms with van der Waals surface area (Å²) in [5, 5.41) is 2.59. The van der Waals surface area contributed by atoms with E-state index in [1.807, 2.05) is 43.3 Å². The third-order valence-electron chi connectivity index (χ3n) is 4.03. The highest BCUT2D eigenvalue weighted by molar-refractivity contribution is 7.89.